The van der Waals surface area contributed by atoms with Gasteiger partial charge >= 0.3 is 5.97 Å². The van der Waals surface area contributed by atoms with Gasteiger partial charge in [-0.2, -0.15) is 0 Å². The molecule has 2 atom stereocenters. The summed E-state index contributed by atoms with van der Waals surface area (Å²) in [6.45, 7) is 5.68. The first-order chi connectivity index (χ1) is 8.86. The molecule has 0 fully saturated rings. The summed E-state index contributed by atoms with van der Waals surface area (Å²) in [5.74, 6) is -1.44. The van der Waals surface area contributed by atoms with Gasteiger partial charge in [-0.25, -0.2) is 4.79 Å². The van der Waals surface area contributed by atoms with Crippen molar-refractivity contribution in [2.45, 2.75) is 33.2 Å². The van der Waals surface area contributed by atoms with E-state index in [1.807, 2.05) is 26.8 Å². The summed E-state index contributed by atoms with van der Waals surface area (Å²) in [5.41, 5.74) is 1.58. The van der Waals surface area contributed by atoms with Crippen LogP contribution in [0.4, 0.5) is 0 Å². The molecular formula is C14H18INO3. The highest BCUT2D eigenvalue weighted by molar-refractivity contribution is 14.1. The van der Waals surface area contributed by atoms with Gasteiger partial charge in [-0.15, -0.1) is 0 Å². The number of carbonyl (C=O) groups is 2. The van der Waals surface area contributed by atoms with E-state index in [1.54, 1.807) is 12.1 Å². The number of rotatable bonds is 5. The third-order valence-electron chi connectivity index (χ3n) is 3.20. The zero-order chi connectivity index (χ0) is 14.6. The Labute approximate surface area is 126 Å². The quantitative estimate of drug-likeness (QED) is 0.778. The fourth-order valence-corrected chi connectivity index (χ4v) is 2.16. The molecule has 1 rings (SSSR count). The smallest absolute Gasteiger partial charge is 0.326 e. The van der Waals surface area contributed by atoms with Crippen molar-refractivity contribution in [2.75, 3.05) is 0 Å². The lowest BCUT2D eigenvalue weighted by molar-refractivity contribution is -0.140. The number of benzene rings is 1. The summed E-state index contributed by atoms with van der Waals surface area (Å²) < 4.78 is 0.987. The van der Waals surface area contributed by atoms with Gasteiger partial charge in [0, 0.05) is 9.13 Å². The topological polar surface area (TPSA) is 66.4 Å². The summed E-state index contributed by atoms with van der Waals surface area (Å²) in [5, 5.41) is 11.7. The minimum atomic E-state index is -0.996. The van der Waals surface area contributed by atoms with Gasteiger partial charge in [0.2, 0.25) is 0 Å². The first kappa shape index (κ1) is 15.9. The number of nitrogens with one attached hydrogen (secondary N) is 1. The molecule has 0 saturated heterocycles. The predicted molar refractivity (Wildman–Crippen MR) is 82.2 cm³/mol. The maximum Gasteiger partial charge on any atom is 0.326 e. The van der Waals surface area contributed by atoms with E-state index >= 15 is 0 Å². The van der Waals surface area contributed by atoms with Crippen molar-refractivity contribution >= 4 is 34.5 Å². The molecule has 0 aliphatic rings. The second-order valence-electron chi connectivity index (χ2n) is 4.64. The van der Waals surface area contributed by atoms with E-state index in [1.165, 1.54) is 0 Å². The predicted octanol–water partition coefficient (Wildman–Crippen LogP) is 2.83. The molecular weight excluding hydrogens is 357 g/mol. The Balaban J connectivity index is 2.87. The van der Waals surface area contributed by atoms with Crippen LogP contribution in [0.5, 0.6) is 0 Å². The average Bonchev–Trinajstić information content (AvgIpc) is 2.37. The zero-order valence-corrected chi connectivity index (χ0v) is 13.4. The number of hydrogen-bond donors (Lipinski definition) is 2. The summed E-state index contributed by atoms with van der Waals surface area (Å²) in [6.07, 6.45) is 0.697. The van der Waals surface area contributed by atoms with Crippen molar-refractivity contribution in [3.63, 3.8) is 0 Å². The van der Waals surface area contributed by atoms with Gasteiger partial charge in [0.05, 0.1) is 0 Å². The van der Waals surface area contributed by atoms with Gasteiger partial charge in [0.15, 0.2) is 0 Å². The van der Waals surface area contributed by atoms with Crippen molar-refractivity contribution in [3.8, 4) is 0 Å². The second kappa shape index (κ2) is 6.88. The molecule has 1 aromatic rings. The van der Waals surface area contributed by atoms with E-state index in [0.29, 0.717) is 12.0 Å². The van der Waals surface area contributed by atoms with Crippen LogP contribution < -0.4 is 5.32 Å². The van der Waals surface area contributed by atoms with Crippen molar-refractivity contribution in [2.24, 2.45) is 5.92 Å². The Bertz CT molecular complexity index is 488. The molecule has 104 valence electrons. The Morgan fingerprint density at radius 1 is 1.42 bits per heavy atom. The zero-order valence-electron chi connectivity index (χ0n) is 11.2. The highest BCUT2D eigenvalue weighted by Crippen LogP contribution is 2.14. The maximum absolute atomic E-state index is 12.1. The van der Waals surface area contributed by atoms with Crippen LogP contribution in [0.1, 0.15) is 36.2 Å². The molecule has 1 aromatic carbocycles. The van der Waals surface area contributed by atoms with Gasteiger partial charge in [-0.3, -0.25) is 4.79 Å². The molecule has 0 radical (unpaired) electrons. The standard InChI is InChI=1S/C14H18INO3/c1-4-8(2)12(14(18)19)16-13(17)10-6-5-9(3)11(15)7-10/h5-8,12H,4H2,1-3H3,(H,16,17)(H,18,19). The summed E-state index contributed by atoms with van der Waals surface area (Å²) in [6, 6.07) is 4.48. The van der Waals surface area contributed by atoms with Crippen molar-refractivity contribution in [1.29, 1.82) is 0 Å². The number of carboxylic acid groups (broad SMARTS) is 1. The number of hydrogen-bond acceptors (Lipinski definition) is 2. The lowest BCUT2D eigenvalue weighted by Gasteiger charge is -2.20. The first-order valence-electron chi connectivity index (χ1n) is 6.16. The molecule has 0 aliphatic heterocycles. The average molecular weight is 375 g/mol. The Morgan fingerprint density at radius 2 is 2.05 bits per heavy atom. The maximum atomic E-state index is 12.1. The van der Waals surface area contributed by atoms with Crippen LogP contribution >= 0.6 is 22.6 Å². The number of halogens is 1. The van der Waals surface area contributed by atoms with Crippen LogP contribution in [0, 0.1) is 16.4 Å². The van der Waals surface area contributed by atoms with Crippen molar-refractivity contribution < 1.29 is 14.7 Å². The lowest BCUT2D eigenvalue weighted by atomic mass is 9.99. The number of aliphatic carboxylic acids is 1. The molecule has 0 heterocycles. The third kappa shape index (κ3) is 4.19. The molecule has 1 amide bonds. The van der Waals surface area contributed by atoms with Crippen LogP contribution in [0.15, 0.2) is 18.2 Å². The minimum Gasteiger partial charge on any atom is -0.480 e. The molecule has 0 aliphatic carbocycles. The fraction of sp³-hybridized carbons (Fsp3) is 0.429. The molecule has 0 bridgehead atoms. The molecule has 19 heavy (non-hydrogen) atoms. The van der Waals surface area contributed by atoms with Crippen LogP contribution in [0.25, 0.3) is 0 Å². The van der Waals surface area contributed by atoms with E-state index in [2.05, 4.69) is 27.9 Å². The van der Waals surface area contributed by atoms with E-state index in [4.69, 9.17) is 5.11 Å². The van der Waals surface area contributed by atoms with E-state index in [-0.39, 0.29) is 11.8 Å². The van der Waals surface area contributed by atoms with E-state index in [9.17, 15) is 9.59 Å². The van der Waals surface area contributed by atoms with Crippen LogP contribution in [-0.4, -0.2) is 23.0 Å². The highest BCUT2D eigenvalue weighted by Gasteiger charge is 2.25. The number of aryl methyl sites for hydroxylation is 1. The second-order valence-corrected chi connectivity index (χ2v) is 5.80. The molecule has 0 saturated carbocycles. The minimum absolute atomic E-state index is 0.106. The van der Waals surface area contributed by atoms with Crippen molar-refractivity contribution in [1.82, 2.24) is 5.32 Å². The lowest BCUT2D eigenvalue weighted by Crippen LogP contribution is -2.45. The highest BCUT2D eigenvalue weighted by atomic mass is 127. The molecule has 0 aromatic heterocycles. The summed E-state index contributed by atoms with van der Waals surface area (Å²) in [4.78, 5) is 23.2. The van der Waals surface area contributed by atoms with Gasteiger partial charge in [-0.05, 0) is 53.1 Å². The Morgan fingerprint density at radius 3 is 2.53 bits per heavy atom. The first-order valence-corrected chi connectivity index (χ1v) is 7.24. The van der Waals surface area contributed by atoms with E-state index in [0.717, 1.165) is 9.13 Å². The number of carbonyl (C=O) groups excluding carboxylic acids is 1. The summed E-state index contributed by atoms with van der Waals surface area (Å²) >= 11 is 2.15. The van der Waals surface area contributed by atoms with Crippen LogP contribution in [-0.2, 0) is 4.79 Å². The number of carboxylic acids is 1. The SMILES string of the molecule is CCC(C)C(NC(=O)c1ccc(C)c(I)c1)C(=O)O. The third-order valence-corrected chi connectivity index (χ3v) is 4.36. The van der Waals surface area contributed by atoms with Gasteiger partial charge in [0.1, 0.15) is 6.04 Å². The van der Waals surface area contributed by atoms with Crippen LogP contribution in [0.3, 0.4) is 0 Å². The Kier molecular flexibility index (Phi) is 5.78. The van der Waals surface area contributed by atoms with Crippen LogP contribution in [0.2, 0.25) is 0 Å². The van der Waals surface area contributed by atoms with Crippen molar-refractivity contribution in [3.05, 3.63) is 32.9 Å². The van der Waals surface area contributed by atoms with Gasteiger partial charge in [-0.1, -0.05) is 26.3 Å². The van der Waals surface area contributed by atoms with Gasteiger partial charge < -0.3 is 10.4 Å². The molecule has 5 heteroatoms. The molecule has 2 unspecified atom stereocenters. The molecule has 0 spiro atoms. The number of amides is 1. The summed E-state index contributed by atoms with van der Waals surface area (Å²) in [7, 11) is 0. The fourth-order valence-electron chi connectivity index (χ4n) is 1.64. The molecule has 4 nitrogen and oxygen atoms in total. The monoisotopic (exact) mass is 375 g/mol. The Hall–Kier alpha value is -1.11. The normalized spacial score (nSPS) is 13.7. The largest absolute Gasteiger partial charge is 0.480 e. The molecule has 2 N–H and O–H groups in total. The van der Waals surface area contributed by atoms with Gasteiger partial charge in [0.25, 0.3) is 5.91 Å². The van der Waals surface area contributed by atoms with E-state index < -0.39 is 12.0 Å².